The maximum Gasteiger partial charge on any atom is 0.271 e. The van der Waals surface area contributed by atoms with Crippen molar-refractivity contribution in [2.24, 2.45) is 0 Å². The number of nitro groups is 1. The Kier molecular flexibility index (Phi) is 2.82. The summed E-state index contributed by atoms with van der Waals surface area (Å²) in [4.78, 5) is 10.3. The molecule has 98 valence electrons. The Labute approximate surface area is 108 Å². The number of hydrogen-bond donors (Lipinski definition) is 1. The van der Waals surface area contributed by atoms with Crippen LogP contribution in [0.1, 0.15) is 24.7 Å². The fourth-order valence-corrected chi connectivity index (χ4v) is 1.84. The van der Waals surface area contributed by atoms with E-state index in [2.05, 4.69) is 20.8 Å². The van der Waals surface area contributed by atoms with Crippen LogP contribution in [0, 0.1) is 10.1 Å². The van der Waals surface area contributed by atoms with Crippen LogP contribution in [0.25, 0.3) is 0 Å². The fourth-order valence-electron chi connectivity index (χ4n) is 1.84. The van der Waals surface area contributed by atoms with Gasteiger partial charge in [0.1, 0.15) is 0 Å². The minimum Gasteiger partial charge on any atom is -0.377 e. The Morgan fingerprint density at radius 2 is 2.32 bits per heavy atom. The van der Waals surface area contributed by atoms with Gasteiger partial charge >= 0.3 is 0 Å². The van der Waals surface area contributed by atoms with Gasteiger partial charge in [-0.05, 0) is 29.3 Å². The van der Waals surface area contributed by atoms with Crippen LogP contribution in [0.2, 0.25) is 0 Å². The van der Waals surface area contributed by atoms with E-state index in [1.807, 2.05) is 4.68 Å². The Morgan fingerprint density at radius 1 is 1.47 bits per heavy atom. The summed E-state index contributed by atoms with van der Waals surface area (Å²) < 4.78 is 1.81. The summed E-state index contributed by atoms with van der Waals surface area (Å²) in [5.41, 5.74) is 0.742. The summed E-state index contributed by atoms with van der Waals surface area (Å²) in [6.07, 6.45) is 2.21. The molecule has 2 aromatic rings. The van der Waals surface area contributed by atoms with Gasteiger partial charge in [0.2, 0.25) is 0 Å². The van der Waals surface area contributed by atoms with E-state index in [1.54, 1.807) is 12.1 Å². The van der Waals surface area contributed by atoms with Crippen LogP contribution < -0.4 is 5.32 Å². The van der Waals surface area contributed by atoms with Gasteiger partial charge in [-0.3, -0.25) is 10.1 Å². The van der Waals surface area contributed by atoms with Gasteiger partial charge in [-0.2, -0.15) is 0 Å². The molecule has 19 heavy (non-hydrogen) atoms. The van der Waals surface area contributed by atoms with Crippen molar-refractivity contribution in [3.63, 3.8) is 0 Å². The molecule has 1 aliphatic carbocycles. The van der Waals surface area contributed by atoms with Crippen molar-refractivity contribution in [2.45, 2.75) is 25.4 Å². The number of rotatable bonds is 5. The molecule has 1 aliphatic rings. The molecule has 1 fully saturated rings. The van der Waals surface area contributed by atoms with E-state index in [1.165, 1.54) is 12.1 Å². The maximum absolute atomic E-state index is 10.7. The SMILES string of the molecule is O=[N+]([O-])c1cccc(NCc2nnnn2C2CC2)c1. The van der Waals surface area contributed by atoms with Gasteiger partial charge in [-0.15, -0.1) is 5.10 Å². The molecule has 0 amide bonds. The van der Waals surface area contributed by atoms with Crippen molar-refractivity contribution in [2.75, 3.05) is 5.32 Å². The first kappa shape index (κ1) is 11.6. The van der Waals surface area contributed by atoms with E-state index in [9.17, 15) is 10.1 Å². The number of nitrogens with one attached hydrogen (secondary N) is 1. The molecule has 0 unspecified atom stereocenters. The average Bonchev–Trinajstić information content (AvgIpc) is 3.16. The van der Waals surface area contributed by atoms with Crippen LogP contribution in [-0.2, 0) is 6.54 Å². The first-order valence-corrected chi connectivity index (χ1v) is 5.99. The largest absolute Gasteiger partial charge is 0.377 e. The molecule has 0 atom stereocenters. The fraction of sp³-hybridized carbons (Fsp3) is 0.364. The topological polar surface area (TPSA) is 98.8 Å². The molecular weight excluding hydrogens is 248 g/mol. The predicted octanol–water partition coefficient (Wildman–Crippen LogP) is 1.53. The summed E-state index contributed by atoms with van der Waals surface area (Å²) in [5, 5.41) is 25.3. The second-order valence-electron chi connectivity index (χ2n) is 4.43. The van der Waals surface area contributed by atoms with Crippen molar-refractivity contribution in [1.29, 1.82) is 0 Å². The van der Waals surface area contributed by atoms with Gasteiger partial charge in [0.05, 0.1) is 17.5 Å². The molecule has 1 saturated carbocycles. The van der Waals surface area contributed by atoms with Crippen molar-refractivity contribution in [3.05, 3.63) is 40.2 Å². The summed E-state index contributed by atoms with van der Waals surface area (Å²) in [7, 11) is 0. The smallest absolute Gasteiger partial charge is 0.271 e. The van der Waals surface area contributed by atoms with E-state index < -0.39 is 4.92 Å². The van der Waals surface area contributed by atoms with Crippen LogP contribution in [-0.4, -0.2) is 25.1 Å². The molecule has 0 spiro atoms. The van der Waals surface area contributed by atoms with Crippen LogP contribution in [0.5, 0.6) is 0 Å². The number of benzene rings is 1. The molecule has 8 nitrogen and oxygen atoms in total. The molecule has 3 rings (SSSR count). The normalized spacial score (nSPS) is 14.3. The van der Waals surface area contributed by atoms with Gasteiger partial charge in [0.15, 0.2) is 5.82 Å². The van der Waals surface area contributed by atoms with Gasteiger partial charge in [0.25, 0.3) is 5.69 Å². The Bertz CT molecular complexity index is 607. The number of hydrogen-bond acceptors (Lipinski definition) is 6. The van der Waals surface area contributed by atoms with E-state index in [4.69, 9.17) is 0 Å². The Morgan fingerprint density at radius 3 is 3.05 bits per heavy atom. The number of non-ortho nitro benzene ring substituents is 1. The first-order chi connectivity index (χ1) is 9.24. The highest BCUT2D eigenvalue weighted by atomic mass is 16.6. The minimum absolute atomic E-state index is 0.0618. The lowest BCUT2D eigenvalue weighted by atomic mass is 10.3. The Balaban J connectivity index is 1.70. The zero-order chi connectivity index (χ0) is 13.2. The van der Waals surface area contributed by atoms with Crippen LogP contribution >= 0.6 is 0 Å². The van der Waals surface area contributed by atoms with Gasteiger partial charge in [-0.1, -0.05) is 6.07 Å². The highest BCUT2D eigenvalue weighted by Gasteiger charge is 2.27. The second-order valence-corrected chi connectivity index (χ2v) is 4.43. The van der Waals surface area contributed by atoms with E-state index in [0.29, 0.717) is 18.3 Å². The van der Waals surface area contributed by atoms with Gasteiger partial charge in [0, 0.05) is 17.8 Å². The van der Waals surface area contributed by atoms with Crippen molar-refractivity contribution in [1.82, 2.24) is 20.2 Å². The number of tetrazole rings is 1. The monoisotopic (exact) mass is 260 g/mol. The van der Waals surface area contributed by atoms with Crippen molar-refractivity contribution < 1.29 is 4.92 Å². The van der Waals surface area contributed by atoms with Crippen LogP contribution in [0.4, 0.5) is 11.4 Å². The van der Waals surface area contributed by atoms with Crippen molar-refractivity contribution >= 4 is 11.4 Å². The van der Waals surface area contributed by atoms with E-state index >= 15 is 0 Å². The third-order valence-corrected chi connectivity index (χ3v) is 2.96. The third kappa shape index (κ3) is 2.51. The lowest BCUT2D eigenvalue weighted by molar-refractivity contribution is -0.384. The lowest BCUT2D eigenvalue weighted by Crippen LogP contribution is -2.09. The highest BCUT2D eigenvalue weighted by Crippen LogP contribution is 2.34. The molecule has 0 saturated heterocycles. The molecule has 0 radical (unpaired) electrons. The molecular formula is C11H12N6O2. The lowest BCUT2D eigenvalue weighted by Gasteiger charge is -2.06. The second kappa shape index (κ2) is 4.63. The Hall–Kier alpha value is -2.51. The number of nitro benzene ring substituents is 1. The number of nitrogens with zero attached hydrogens (tertiary/aromatic N) is 5. The van der Waals surface area contributed by atoms with Crippen molar-refractivity contribution in [3.8, 4) is 0 Å². The predicted molar refractivity (Wildman–Crippen MR) is 66.5 cm³/mol. The third-order valence-electron chi connectivity index (χ3n) is 2.96. The summed E-state index contributed by atoms with van der Waals surface area (Å²) >= 11 is 0. The molecule has 0 bridgehead atoms. The molecule has 1 N–H and O–H groups in total. The van der Waals surface area contributed by atoms with E-state index in [-0.39, 0.29) is 5.69 Å². The zero-order valence-corrected chi connectivity index (χ0v) is 10.1. The molecule has 8 heteroatoms. The summed E-state index contributed by atoms with van der Waals surface area (Å²) in [6, 6.07) is 6.78. The molecule has 1 heterocycles. The van der Waals surface area contributed by atoms with E-state index in [0.717, 1.165) is 18.7 Å². The molecule has 1 aromatic carbocycles. The number of aromatic nitrogens is 4. The van der Waals surface area contributed by atoms with Gasteiger partial charge in [-0.25, -0.2) is 4.68 Å². The molecule has 1 aromatic heterocycles. The zero-order valence-electron chi connectivity index (χ0n) is 10.1. The standard InChI is InChI=1S/C11H12N6O2/c18-17(19)10-3-1-2-8(6-10)12-7-11-13-14-15-16(11)9-4-5-9/h1-3,6,9,12H,4-5,7H2. The maximum atomic E-state index is 10.7. The highest BCUT2D eigenvalue weighted by molar-refractivity contribution is 5.50. The molecule has 0 aliphatic heterocycles. The van der Waals surface area contributed by atoms with Crippen LogP contribution in [0.3, 0.4) is 0 Å². The van der Waals surface area contributed by atoms with Crippen LogP contribution in [0.15, 0.2) is 24.3 Å². The summed E-state index contributed by atoms with van der Waals surface area (Å²) in [6.45, 7) is 0.449. The number of anilines is 1. The summed E-state index contributed by atoms with van der Waals surface area (Å²) in [5.74, 6) is 0.744. The van der Waals surface area contributed by atoms with Gasteiger partial charge < -0.3 is 5.32 Å². The minimum atomic E-state index is -0.417. The quantitative estimate of drug-likeness (QED) is 0.646. The average molecular weight is 260 g/mol. The first-order valence-electron chi connectivity index (χ1n) is 5.99.